The SMILES string of the molecule is O=P([O-])([O-])[O-].[CH2-]CCCCCCCCCCCCCCCCC.[Mo+3].[NH4+]. The van der Waals surface area contributed by atoms with Crippen molar-refractivity contribution in [3.8, 4) is 0 Å². The van der Waals surface area contributed by atoms with E-state index in [2.05, 4.69) is 13.8 Å². The Bertz CT molecular complexity index is 241. The molecule has 0 aromatic heterocycles. The van der Waals surface area contributed by atoms with E-state index in [-0.39, 0.29) is 27.2 Å². The normalized spacial score (nSPS) is 10.3. The Morgan fingerprint density at radius 1 is 0.640 bits per heavy atom. The van der Waals surface area contributed by atoms with Crippen LogP contribution >= 0.6 is 7.82 Å². The van der Waals surface area contributed by atoms with E-state index >= 15 is 0 Å². The van der Waals surface area contributed by atoms with Crippen molar-refractivity contribution < 1.29 is 40.3 Å². The molecule has 7 heteroatoms. The fourth-order valence-electron chi connectivity index (χ4n) is 2.55. The van der Waals surface area contributed by atoms with Gasteiger partial charge in [0.1, 0.15) is 0 Å². The summed E-state index contributed by atoms with van der Waals surface area (Å²) in [6.45, 7) is 6.18. The van der Waals surface area contributed by atoms with Crippen LogP contribution in [0.2, 0.25) is 0 Å². The average molecular weight is 462 g/mol. The zero-order valence-electron chi connectivity index (χ0n) is 16.5. The van der Waals surface area contributed by atoms with Crippen LogP contribution in [0.15, 0.2) is 0 Å². The molecule has 5 nitrogen and oxygen atoms in total. The van der Waals surface area contributed by atoms with E-state index in [1.54, 1.807) is 0 Å². The average Bonchev–Trinajstić information content (AvgIpc) is 2.46. The summed E-state index contributed by atoms with van der Waals surface area (Å²) >= 11 is 0. The molecule has 0 unspecified atom stereocenters. The van der Waals surface area contributed by atoms with E-state index < -0.39 is 7.82 Å². The standard InChI is InChI=1S/C18H37.Mo.H3N.H3O4P/c1-3-5-7-9-11-13-15-17-18-16-14-12-10-8-6-4-2;;;1-5(2,3)4/h1,3-18H2,2H3;;1H3;(H3,1,2,3,4)/q-1;+3;;/p-2. The summed E-state index contributed by atoms with van der Waals surface area (Å²) in [4.78, 5) is 25.6. The van der Waals surface area contributed by atoms with E-state index in [9.17, 15) is 0 Å². The van der Waals surface area contributed by atoms with Crippen molar-refractivity contribution in [2.45, 2.75) is 110 Å². The molecule has 0 aliphatic carbocycles. The minimum Gasteiger partial charge on any atom is -0.822 e. The first-order chi connectivity index (χ1) is 10.9. The van der Waals surface area contributed by atoms with Gasteiger partial charge in [0.2, 0.25) is 0 Å². The maximum atomic E-state index is 8.55. The molecule has 0 saturated heterocycles. The number of phosphoric acid groups is 1. The first kappa shape index (κ1) is 33.4. The quantitative estimate of drug-likeness (QED) is 0.165. The fourth-order valence-corrected chi connectivity index (χ4v) is 2.55. The van der Waals surface area contributed by atoms with Gasteiger partial charge in [-0.2, -0.15) is 14.2 Å². The summed E-state index contributed by atoms with van der Waals surface area (Å²) in [5.74, 6) is 0. The number of hydrogen-bond acceptors (Lipinski definition) is 4. The summed E-state index contributed by atoms with van der Waals surface area (Å²) in [6.07, 6.45) is 22.8. The predicted molar refractivity (Wildman–Crippen MR) is 98.5 cm³/mol. The van der Waals surface area contributed by atoms with Crippen LogP contribution in [0, 0.1) is 6.92 Å². The largest absolute Gasteiger partial charge is 3.00 e. The Labute approximate surface area is 170 Å². The second-order valence-electron chi connectivity index (χ2n) is 6.25. The van der Waals surface area contributed by atoms with Gasteiger partial charge in [-0.1, -0.05) is 103 Å². The van der Waals surface area contributed by atoms with Crippen molar-refractivity contribution in [2.24, 2.45) is 0 Å². The van der Waals surface area contributed by atoms with Crippen molar-refractivity contribution in [1.29, 1.82) is 0 Å². The van der Waals surface area contributed by atoms with Gasteiger partial charge in [0.05, 0.1) is 0 Å². The van der Waals surface area contributed by atoms with Gasteiger partial charge >= 0.3 is 21.1 Å². The summed E-state index contributed by atoms with van der Waals surface area (Å²) < 4.78 is 8.55. The molecule has 0 aromatic rings. The Morgan fingerprint density at radius 3 is 1.04 bits per heavy atom. The third-order valence-corrected chi connectivity index (χ3v) is 3.85. The monoisotopic (exact) mass is 464 g/mol. The predicted octanol–water partition coefficient (Wildman–Crippen LogP) is 4.63. The molecule has 0 rings (SSSR count). The van der Waals surface area contributed by atoms with Gasteiger partial charge in [-0.25, -0.2) is 0 Å². The van der Waals surface area contributed by atoms with E-state index in [1.165, 1.54) is 96.3 Å². The van der Waals surface area contributed by atoms with E-state index in [4.69, 9.17) is 19.2 Å². The molecule has 0 amide bonds. The van der Waals surface area contributed by atoms with Crippen LogP contribution in [0.1, 0.15) is 110 Å². The summed E-state index contributed by atoms with van der Waals surface area (Å²) in [7, 11) is -5.39. The molecular formula is C18H41MoNO4P. The topological polar surface area (TPSA) is 123 Å². The number of quaternary nitrogens is 1. The third kappa shape index (κ3) is 51.6. The minimum absolute atomic E-state index is 0. The van der Waals surface area contributed by atoms with Crippen molar-refractivity contribution in [2.75, 3.05) is 0 Å². The smallest absolute Gasteiger partial charge is 0.822 e. The molecule has 0 bridgehead atoms. The molecular weight excluding hydrogens is 421 g/mol. The van der Waals surface area contributed by atoms with Crippen LogP contribution in [0.3, 0.4) is 0 Å². The molecule has 0 heterocycles. The van der Waals surface area contributed by atoms with E-state index in [0.717, 1.165) is 6.42 Å². The maximum absolute atomic E-state index is 8.55. The maximum Gasteiger partial charge on any atom is 3.00 e. The number of hydrogen-bond donors (Lipinski definition) is 1. The number of unbranched alkanes of at least 4 members (excludes halogenated alkanes) is 15. The fraction of sp³-hybridized carbons (Fsp3) is 0.944. The second-order valence-corrected chi connectivity index (χ2v) is 7.14. The molecule has 25 heavy (non-hydrogen) atoms. The molecule has 0 aromatic carbocycles. The molecule has 0 aliphatic heterocycles. The third-order valence-electron chi connectivity index (χ3n) is 3.85. The molecule has 0 saturated carbocycles. The van der Waals surface area contributed by atoms with Crippen molar-refractivity contribution in [1.82, 2.24) is 6.15 Å². The van der Waals surface area contributed by atoms with Gasteiger partial charge in [0, 0.05) is 0 Å². The zero-order valence-corrected chi connectivity index (χ0v) is 19.4. The van der Waals surface area contributed by atoms with E-state index in [1.807, 2.05) is 0 Å². The molecule has 1 radical (unpaired) electrons. The van der Waals surface area contributed by atoms with E-state index in [0.29, 0.717) is 0 Å². The molecule has 0 aliphatic rings. The molecule has 0 spiro atoms. The Balaban J connectivity index is -0.000000276. The van der Waals surface area contributed by atoms with Crippen LogP contribution in [0.4, 0.5) is 0 Å². The summed E-state index contributed by atoms with van der Waals surface area (Å²) in [5, 5.41) is 0. The van der Waals surface area contributed by atoms with Crippen molar-refractivity contribution in [3.63, 3.8) is 0 Å². The molecule has 0 fully saturated rings. The minimum atomic E-state index is -5.39. The van der Waals surface area contributed by atoms with Crippen LogP contribution in [-0.4, -0.2) is 0 Å². The van der Waals surface area contributed by atoms with Gasteiger partial charge in [-0.05, 0) is 0 Å². The zero-order chi connectivity index (χ0) is 17.8. The van der Waals surface area contributed by atoms with Crippen molar-refractivity contribution in [3.05, 3.63) is 6.92 Å². The second kappa shape index (κ2) is 27.0. The van der Waals surface area contributed by atoms with Gasteiger partial charge in [0.25, 0.3) is 0 Å². The Kier molecular flexibility index (Phi) is 36.0. The first-order valence-electron chi connectivity index (χ1n) is 9.44. The Morgan fingerprint density at radius 2 is 0.840 bits per heavy atom. The first-order valence-corrected chi connectivity index (χ1v) is 10.9. The van der Waals surface area contributed by atoms with Gasteiger partial charge < -0.3 is 32.3 Å². The van der Waals surface area contributed by atoms with Crippen LogP contribution in [-0.2, 0) is 25.6 Å². The van der Waals surface area contributed by atoms with Crippen molar-refractivity contribution >= 4 is 7.82 Å². The van der Waals surface area contributed by atoms with Crippen LogP contribution < -0.4 is 20.8 Å². The Hall–Kier alpha value is 0.758. The summed E-state index contributed by atoms with van der Waals surface area (Å²) in [5.41, 5.74) is 0. The molecule has 4 N–H and O–H groups in total. The summed E-state index contributed by atoms with van der Waals surface area (Å²) in [6, 6.07) is 0. The molecule has 0 atom stereocenters. The number of rotatable bonds is 15. The van der Waals surface area contributed by atoms with Gasteiger partial charge in [-0.15, -0.1) is 0 Å². The molecule has 153 valence electrons. The van der Waals surface area contributed by atoms with Gasteiger partial charge in [0.15, 0.2) is 0 Å². The van der Waals surface area contributed by atoms with Gasteiger partial charge in [-0.3, -0.25) is 0 Å². The van der Waals surface area contributed by atoms with Crippen LogP contribution in [0.5, 0.6) is 0 Å². The van der Waals surface area contributed by atoms with Crippen LogP contribution in [0.25, 0.3) is 0 Å².